The first-order valence-electron chi connectivity index (χ1n) is 10.9. The molecule has 0 bridgehead atoms. The highest BCUT2D eigenvalue weighted by Gasteiger charge is 2.29. The third-order valence-corrected chi connectivity index (χ3v) is 5.69. The molecule has 2 aromatic heterocycles. The lowest BCUT2D eigenvalue weighted by Crippen LogP contribution is -2.42. The van der Waals surface area contributed by atoms with Crippen LogP contribution in [0.2, 0.25) is 0 Å². The van der Waals surface area contributed by atoms with Crippen LogP contribution in [-0.4, -0.2) is 56.3 Å². The standard InChI is InChI=1S/C21H33N7O3/c1-13(2)20-24-18(26-31-20)9-10-27(4)21(30)15-5-7-16(8-6-15)23-19(29)12-28-17(22)11-14(3)25-28/h11,13,15-16H,5-10,12,22H2,1-4H3,(H,23,29). The van der Waals surface area contributed by atoms with Crippen LogP contribution >= 0.6 is 0 Å². The molecule has 3 rings (SSSR count). The van der Waals surface area contributed by atoms with Crippen LogP contribution < -0.4 is 11.1 Å². The number of nitrogens with two attached hydrogens (primary N) is 1. The zero-order valence-corrected chi connectivity index (χ0v) is 18.8. The maximum atomic E-state index is 12.8. The van der Waals surface area contributed by atoms with Gasteiger partial charge in [-0.25, -0.2) is 4.68 Å². The fourth-order valence-electron chi connectivity index (χ4n) is 3.88. The second kappa shape index (κ2) is 9.93. The molecule has 2 amide bonds. The van der Waals surface area contributed by atoms with Gasteiger partial charge in [-0.2, -0.15) is 10.1 Å². The second-order valence-corrected chi connectivity index (χ2v) is 8.70. The Morgan fingerprint density at radius 2 is 2.03 bits per heavy atom. The summed E-state index contributed by atoms with van der Waals surface area (Å²) in [6, 6.07) is 1.82. The number of aryl methyl sites for hydroxylation is 1. The predicted octanol–water partition coefficient (Wildman–Crippen LogP) is 1.66. The Balaban J connectivity index is 1.40. The molecule has 0 saturated heterocycles. The van der Waals surface area contributed by atoms with Crippen molar-refractivity contribution in [3.63, 3.8) is 0 Å². The number of carbonyl (C=O) groups excluding carboxylic acids is 2. The summed E-state index contributed by atoms with van der Waals surface area (Å²) in [5.74, 6) is 1.93. The van der Waals surface area contributed by atoms with Crippen molar-refractivity contribution in [2.24, 2.45) is 5.92 Å². The minimum absolute atomic E-state index is 0.0148. The molecule has 1 aliphatic rings. The molecule has 0 aromatic carbocycles. The topological polar surface area (TPSA) is 132 Å². The molecule has 0 aliphatic heterocycles. The molecule has 0 atom stereocenters. The van der Waals surface area contributed by atoms with Gasteiger partial charge in [-0.05, 0) is 32.6 Å². The number of nitrogens with one attached hydrogen (secondary N) is 1. The molecule has 0 spiro atoms. The fourth-order valence-corrected chi connectivity index (χ4v) is 3.88. The minimum atomic E-state index is -0.109. The number of likely N-dealkylation sites (N-methyl/N-ethyl adjacent to an activating group) is 1. The van der Waals surface area contributed by atoms with Crippen LogP contribution in [0.15, 0.2) is 10.6 Å². The molecule has 1 fully saturated rings. The number of nitrogen functional groups attached to an aromatic ring is 1. The lowest BCUT2D eigenvalue weighted by atomic mass is 9.85. The third kappa shape index (κ3) is 6.05. The summed E-state index contributed by atoms with van der Waals surface area (Å²) in [4.78, 5) is 31.2. The molecule has 31 heavy (non-hydrogen) atoms. The molecule has 2 heterocycles. The smallest absolute Gasteiger partial charge is 0.242 e. The van der Waals surface area contributed by atoms with Gasteiger partial charge in [-0.3, -0.25) is 9.59 Å². The first-order valence-corrected chi connectivity index (χ1v) is 10.9. The number of nitrogens with zero attached hydrogens (tertiary/aromatic N) is 5. The Hall–Kier alpha value is -2.91. The highest BCUT2D eigenvalue weighted by molar-refractivity contribution is 5.79. The molecular formula is C21H33N7O3. The van der Waals surface area contributed by atoms with E-state index in [4.69, 9.17) is 10.3 Å². The maximum Gasteiger partial charge on any atom is 0.242 e. The van der Waals surface area contributed by atoms with E-state index in [-0.39, 0.29) is 36.2 Å². The lowest BCUT2D eigenvalue weighted by Gasteiger charge is -2.31. The number of hydrogen-bond donors (Lipinski definition) is 2. The van der Waals surface area contributed by atoms with Crippen molar-refractivity contribution in [1.82, 2.24) is 30.1 Å². The quantitative estimate of drug-likeness (QED) is 0.649. The van der Waals surface area contributed by atoms with Gasteiger partial charge < -0.3 is 20.5 Å². The Morgan fingerprint density at radius 1 is 1.32 bits per heavy atom. The summed E-state index contributed by atoms with van der Waals surface area (Å²) < 4.78 is 6.71. The van der Waals surface area contributed by atoms with Gasteiger partial charge in [0.15, 0.2) is 5.82 Å². The highest BCUT2D eigenvalue weighted by Crippen LogP contribution is 2.26. The normalized spacial score (nSPS) is 18.9. The Morgan fingerprint density at radius 3 is 2.61 bits per heavy atom. The third-order valence-electron chi connectivity index (χ3n) is 5.69. The van der Waals surface area contributed by atoms with E-state index < -0.39 is 0 Å². The van der Waals surface area contributed by atoms with E-state index in [2.05, 4.69) is 20.6 Å². The van der Waals surface area contributed by atoms with E-state index in [1.807, 2.05) is 27.8 Å². The zero-order valence-electron chi connectivity index (χ0n) is 18.8. The second-order valence-electron chi connectivity index (χ2n) is 8.70. The molecule has 10 heteroatoms. The number of amides is 2. The zero-order chi connectivity index (χ0) is 22.5. The van der Waals surface area contributed by atoms with Gasteiger partial charge in [0.1, 0.15) is 12.4 Å². The van der Waals surface area contributed by atoms with Crippen molar-refractivity contribution in [3.05, 3.63) is 23.5 Å². The van der Waals surface area contributed by atoms with Gasteiger partial charge in [0.05, 0.1) is 5.69 Å². The maximum absolute atomic E-state index is 12.8. The summed E-state index contributed by atoms with van der Waals surface area (Å²) in [6.07, 6.45) is 3.66. The highest BCUT2D eigenvalue weighted by atomic mass is 16.5. The van der Waals surface area contributed by atoms with Crippen LogP contribution in [0, 0.1) is 12.8 Å². The van der Waals surface area contributed by atoms with Crippen LogP contribution in [0.3, 0.4) is 0 Å². The monoisotopic (exact) mass is 431 g/mol. The number of aromatic nitrogens is 4. The molecule has 1 aliphatic carbocycles. The van der Waals surface area contributed by atoms with Gasteiger partial charge in [0.2, 0.25) is 17.7 Å². The van der Waals surface area contributed by atoms with Crippen LogP contribution in [0.5, 0.6) is 0 Å². The van der Waals surface area contributed by atoms with Gasteiger partial charge in [0, 0.05) is 44.0 Å². The van der Waals surface area contributed by atoms with Gasteiger partial charge in [0.25, 0.3) is 0 Å². The summed E-state index contributed by atoms with van der Waals surface area (Å²) in [5, 5.41) is 11.2. The average molecular weight is 432 g/mol. The van der Waals surface area contributed by atoms with Gasteiger partial charge in [-0.1, -0.05) is 19.0 Å². The van der Waals surface area contributed by atoms with Crippen molar-refractivity contribution in [2.45, 2.75) is 71.4 Å². The van der Waals surface area contributed by atoms with Crippen molar-refractivity contribution in [2.75, 3.05) is 19.3 Å². The van der Waals surface area contributed by atoms with Crippen molar-refractivity contribution < 1.29 is 14.1 Å². The van der Waals surface area contributed by atoms with E-state index >= 15 is 0 Å². The van der Waals surface area contributed by atoms with Gasteiger partial charge >= 0.3 is 0 Å². The van der Waals surface area contributed by atoms with Crippen molar-refractivity contribution in [1.29, 1.82) is 0 Å². The summed E-state index contributed by atoms with van der Waals surface area (Å²) >= 11 is 0. The van der Waals surface area contributed by atoms with Gasteiger partial charge in [-0.15, -0.1) is 0 Å². The number of anilines is 1. The van der Waals surface area contributed by atoms with E-state index in [0.717, 1.165) is 31.4 Å². The van der Waals surface area contributed by atoms with Crippen LogP contribution in [0.4, 0.5) is 5.82 Å². The molecule has 10 nitrogen and oxygen atoms in total. The Kier molecular flexibility index (Phi) is 7.29. The largest absolute Gasteiger partial charge is 0.384 e. The molecule has 1 saturated carbocycles. The predicted molar refractivity (Wildman–Crippen MR) is 115 cm³/mol. The SMILES string of the molecule is Cc1cc(N)n(CC(=O)NC2CCC(C(=O)N(C)CCc3noc(C(C)C)n3)CC2)n1. The summed E-state index contributed by atoms with van der Waals surface area (Å²) in [5.41, 5.74) is 6.63. The van der Waals surface area contributed by atoms with E-state index in [9.17, 15) is 9.59 Å². The fraction of sp³-hybridized carbons (Fsp3) is 0.667. The average Bonchev–Trinajstić information content (AvgIpc) is 3.32. The van der Waals surface area contributed by atoms with E-state index in [1.54, 1.807) is 11.0 Å². The van der Waals surface area contributed by atoms with Crippen molar-refractivity contribution in [3.8, 4) is 0 Å². The number of carbonyl (C=O) groups is 2. The molecule has 0 unspecified atom stereocenters. The lowest BCUT2D eigenvalue weighted by molar-refractivity contribution is -0.135. The molecule has 3 N–H and O–H groups in total. The first-order chi connectivity index (χ1) is 14.7. The minimum Gasteiger partial charge on any atom is -0.384 e. The molecule has 0 radical (unpaired) electrons. The van der Waals surface area contributed by atoms with Crippen LogP contribution in [0.25, 0.3) is 0 Å². The summed E-state index contributed by atoms with van der Waals surface area (Å²) in [6.45, 7) is 6.50. The Bertz CT molecular complexity index is 897. The molecular weight excluding hydrogens is 398 g/mol. The summed E-state index contributed by atoms with van der Waals surface area (Å²) in [7, 11) is 1.82. The molecule has 170 valence electrons. The Labute approximate surface area is 182 Å². The number of rotatable bonds is 8. The van der Waals surface area contributed by atoms with Crippen LogP contribution in [0.1, 0.15) is 62.9 Å². The van der Waals surface area contributed by atoms with Crippen LogP contribution in [-0.2, 0) is 22.6 Å². The van der Waals surface area contributed by atoms with Crippen molar-refractivity contribution >= 4 is 17.6 Å². The van der Waals surface area contributed by atoms with E-state index in [1.165, 1.54) is 4.68 Å². The number of hydrogen-bond acceptors (Lipinski definition) is 7. The van der Waals surface area contributed by atoms with E-state index in [0.29, 0.717) is 30.5 Å². The first kappa shape index (κ1) is 22.8. The molecule has 2 aromatic rings.